The van der Waals surface area contributed by atoms with Crippen molar-refractivity contribution in [3.05, 3.63) is 77.9 Å². The van der Waals surface area contributed by atoms with Gasteiger partial charge in [0.05, 0.1) is 50.7 Å². The van der Waals surface area contributed by atoms with E-state index in [0.717, 1.165) is 16.9 Å². The zero-order valence-electron chi connectivity index (χ0n) is 33.6. The van der Waals surface area contributed by atoms with Gasteiger partial charge in [-0.25, -0.2) is 0 Å². The van der Waals surface area contributed by atoms with Gasteiger partial charge in [0.25, 0.3) is 0 Å². The van der Waals surface area contributed by atoms with Crippen LogP contribution < -0.4 is 4.74 Å². The molecule has 2 aliphatic carbocycles. The molecule has 7 nitrogen and oxygen atoms in total. The molecule has 0 spiro atoms. The first-order valence-electron chi connectivity index (χ1n) is 18.7. The van der Waals surface area contributed by atoms with Gasteiger partial charge in [0.1, 0.15) is 11.5 Å². The lowest BCUT2D eigenvalue weighted by atomic mass is 9.61. The van der Waals surface area contributed by atoms with Crippen molar-refractivity contribution in [1.82, 2.24) is 0 Å². The summed E-state index contributed by atoms with van der Waals surface area (Å²) in [6.45, 7) is 27.8. The number of ketones is 1. The molecule has 1 fully saturated rings. The molecule has 0 heterocycles. The van der Waals surface area contributed by atoms with Crippen LogP contribution in [-0.4, -0.2) is 65.7 Å². The highest BCUT2D eigenvalue weighted by Gasteiger charge is 2.57. The Labute approximate surface area is 310 Å². The summed E-state index contributed by atoms with van der Waals surface area (Å²) in [6.07, 6.45) is 1.59. The minimum atomic E-state index is -2.35. The van der Waals surface area contributed by atoms with E-state index >= 15 is 0 Å². The summed E-state index contributed by atoms with van der Waals surface area (Å²) in [5, 5.41) is 11.7. The monoisotopic (exact) mass is 738 g/mol. The van der Waals surface area contributed by atoms with Crippen LogP contribution >= 0.6 is 0 Å². The summed E-state index contributed by atoms with van der Waals surface area (Å²) in [7, 11) is -2.83. The molecule has 0 saturated heterocycles. The lowest BCUT2D eigenvalue weighted by Crippen LogP contribution is -2.62. The van der Waals surface area contributed by atoms with Crippen molar-refractivity contribution < 1.29 is 33.0 Å². The van der Waals surface area contributed by atoms with Crippen molar-refractivity contribution in [2.24, 2.45) is 23.2 Å². The van der Waals surface area contributed by atoms with Gasteiger partial charge in [-0.3, -0.25) is 4.79 Å². The third-order valence-corrected chi connectivity index (χ3v) is 21.4. The first-order valence-corrected chi connectivity index (χ1v) is 24.5. The summed E-state index contributed by atoms with van der Waals surface area (Å²) in [5.41, 5.74) is 1.39. The van der Waals surface area contributed by atoms with E-state index < -0.39 is 52.4 Å². The Bertz CT molecular complexity index is 1460. The van der Waals surface area contributed by atoms with Crippen LogP contribution in [0.25, 0.3) is 0 Å². The minimum absolute atomic E-state index is 0.00729. The number of benzene rings is 2. The molecule has 51 heavy (non-hydrogen) atoms. The van der Waals surface area contributed by atoms with E-state index in [1.807, 2.05) is 42.5 Å². The Morgan fingerprint density at radius 2 is 1.37 bits per heavy atom. The number of aliphatic hydroxyl groups excluding tert-OH is 1. The topological polar surface area (TPSA) is 83.5 Å². The number of methoxy groups -OCH3 is 1. The van der Waals surface area contributed by atoms with E-state index in [2.05, 4.69) is 99.8 Å². The fourth-order valence-electron chi connectivity index (χ4n) is 6.84. The van der Waals surface area contributed by atoms with Gasteiger partial charge in [0.2, 0.25) is 0 Å². The summed E-state index contributed by atoms with van der Waals surface area (Å²) in [6, 6.07) is 18.1. The molecule has 0 amide bonds. The average molecular weight is 739 g/mol. The fraction of sp³-hybridized carbons (Fsp3) is 0.643. The summed E-state index contributed by atoms with van der Waals surface area (Å²) in [4.78, 5) is 14.7. The molecule has 4 rings (SSSR count). The number of ether oxygens (including phenoxy) is 3. The Balaban J connectivity index is 1.87. The summed E-state index contributed by atoms with van der Waals surface area (Å²) >= 11 is 0. The first kappa shape index (κ1) is 41.6. The molecule has 0 aromatic heterocycles. The molecule has 1 N–H and O–H groups in total. The molecule has 0 radical (unpaired) electrons. The van der Waals surface area contributed by atoms with E-state index in [9.17, 15) is 9.90 Å². The van der Waals surface area contributed by atoms with Crippen molar-refractivity contribution in [3.8, 4) is 5.75 Å². The second-order valence-corrected chi connectivity index (χ2v) is 28.0. The van der Waals surface area contributed by atoms with Crippen LogP contribution in [0.4, 0.5) is 0 Å². The van der Waals surface area contributed by atoms with Gasteiger partial charge >= 0.3 is 0 Å². The van der Waals surface area contributed by atoms with Gasteiger partial charge in [-0.1, -0.05) is 110 Å². The predicted octanol–water partition coefficient (Wildman–Crippen LogP) is 9.36. The largest absolute Gasteiger partial charge is 0.497 e. The molecule has 284 valence electrons. The van der Waals surface area contributed by atoms with Crippen LogP contribution in [0.15, 0.2) is 66.7 Å². The lowest BCUT2D eigenvalue weighted by molar-refractivity contribution is -0.201. The minimum Gasteiger partial charge on any atom is -0.497 e. The van der Waals surface area contributed by atoms with E-state index in [0.29, 0.717) is 19.8 Å². The number of rotatable bonds is 12. The zero-order valence-corrected chi connectivity index (χ0v) is 35.6. The number of Topliss-reactive ketones (excluding diaryl/α,β-unsaturated/α-hetero) is 1. The van der Waals surface area contributed by atoms with Crippen molar-refractivity contribution in [3.63, 3.8) is 0 Å². The SMILES string of the molecule is COc1ccc(CO[C@H]2[C@H](OCc3ccccc3)C3C(C(=O)C[C@H](O[Si](C)(C)C(C)(C)C)C2(C)C)[C@@H](O)C=C[C@H]3CO[Si](C)(C)C(C)(C)C)cc1. The van der Waals surface area contributed by atoms with Gasteiger partial charge in [0.15, 0.2) is 16.6 Å². The normalized spacial score (nSPS) is 27.4. The Morgan fingerprint density at radius 1 is 0.804 bits per heavy atom. The highest BCUT2D eigenvalue weighted by atomic mass is 28.4. The number of hydrogen-bond donors (Lipinski definition) is 1. The first-order chi connectivity index (χ1) is 23.6. The van der Waals surface area contributed by atoms with Gasteiger partial charge in [-0.05, 0) is 59.5 Å². The van der Waals surface area contributed by atoms with E-state index in [-0.39, 0.29) is 34.1 Å². The van der Waals surface area contributed by atoms with Crippen molar-refractivity contribution in [1.29, 1.82) is 0 Å². The van der Waals surface area contributed by atoms with Crippen molar-refractivity contribution >= 4 is 22.4 Å². The van der Waals surface area contributed by atoms with Crippen LogP contribution in [0, 0.1) is 23.2 Å². The molecule has 2 aliphatic rings. The van der Waals surface area contributed by atoms with E-state index in [4.69, 9.17) is 23.1 Å². The van der Waals surface area contributed by atoms with Gasteiger partial charge in [-0.15, -0.1) is 0 Å². The molecule has 0 aliphatic heterocycles. The van der Waals surface area contributed by atoms with Crippen LogP contribution in [0.2, 0.25) is 36.3 Å². The third-order valence-electron chi connectivity index (χ3n) is 12.4. The van der Waals surface area contributed by atoms with E-state index in [1.54, 1.807) is 13.2 Å². The number of carbonyl (C=O) groups is 1. The van der Waals surface area contributed by atoms with Gasteiger partial charge in [-0.2, -0.15) is 0 Å². The molecule has 2 aromatic carbocycles. The predicted molar refractivity (Wildman–Crippen MR) is 211 cm³/mol. The maximum Gasteiger partial charge on any atom is 0.192 e. The average Bonchev–Trinajstić information content (AvgIpc) is 3.04. The number of carbonyl (C=O) groups excluding carboxylic acids is 1. The summed E-state index contributed by atoms with van der Waals surface area (Å²) < 4.78 is 33.7. The smallest absolute Gasteiger partial charge is 0.192 e. The molecule has 2 aromatic rings. The van der Waals surface area contributed by atoms with Gasteiger partial charge in [0, 0.05) is 30.3 Å². The summed E-state index contributed by atoms with van der Waals surface area (Å²) in [5.74, 6) is -0.464. The standard InChI is InChI=1S/C42H66O7Si2/c1-40(2,3)50(10,11)48-28-31-21-24-33(43)37-34(44)25-35(49-51(12,13)41(4,5)6)42(7,8)39(47-27-30-19-22-32(45-9)23-20-30)38(36(31)37)46-26-29-17-15-14-16-18-29/h14-24,31,33,35-39,43H,25-28H2,1-13H3/t31-,33-,35-,36?,37?,38+,39-/m0/s1. The maximum atomic E-state index is 14.7. The third kappa shape index (κ3) is 9.71. The Hall–Kier alpha value is -2.12. The van der Waals surface area contributed by atoms with Crippen LogP contribution in [0.3, 0.4) is 0 Å². The highest BCUT2D eigenvalue weighted by Crippen LogP contribution is 2.49. The molecule has 7 atom stereocenters. The number of fused-ring (bicyclic) bond motifs is 1. The van der Waals surface area contributed by atoms with Crippen LogP contribution in [0.1, 0.15) is 72.9 Å². The highest BCUT2D eigenvalue weighted by molar-refractivity contribution is 6.74. The molecule has 1 saturated carbocycles. The quantitative estimate of drug-likeness (QED) is 0.172. The number of aliphatic hydroxyl groups is 1. The Kier molecular flexibility index (Phi) is 13.1. The van der Waals surface area contributed by atoms with E-state index in [1.165, 1.54) is 0 Å². The van der Waals surface area contributed by atoms with Crippen LogP contribution in [-0.2, 0) is 36.3 Å². The van der Waals surface area contributed by atoms with Gasteiger partial charge < -0.3 is 28.2 Å². The maximum absolute atomic E-state index is 14.7. The fourth-order valence-corrected chi connectivity index (χ4v) is 9.33. The zero-order chi connectivity index (χ0) is 38.0. The molecular formula is C42H66O7Si2. The number of hydrogen-bond acceptors (Lipinski definition) is 7. The van der Waals surface area contributed by atoms with Crippen LogP contribution in [0.5, 0.6) is 5.75 Å². The second kappa shape index (κ2) is 16.1. The van der Waals surface area contributed by atoms with Crippen molar-refractivity contribution in [2.45, 2.75) is 136 Å². The lowest BCUT2D eigenvalue weighted by Gasteiger charge is -2.54. The Morgan fingerprint density at radius 3 is 1.94 bits per heavy atom. The molecular weight excluding hydrogens is 673 g/mol. The van der Waals surface area contributed by atoms with Crippen molar-refractivity contribution in [2.75, 3.05) is 13.7 Å². The second-order valence-electron chi connectivity index (χ2n) is 18.4. The molecule has 0 bridgehead atoms. The molecule has 2 unspecified atom stereocenters. The molecule has 9 heteroatoms.